The first-order valence-corrected chi connectivity index (χ1v) is 7.59. The Morgan fingerprint density at radius 1 is 1.43 bits per heavy atom. The lowest BCUT2D eigenvalue weighted by molar-refractivity contribution is 0.0596. The Hall–Kier alpha value is -1.51. The van der Waals surface area contributed by atoms with Gasteiger partial charge in [0.1, 0.15) is 5.82 Å². The summed E-state index contributed by atoms with van der Waals surface area (Å²) < 4.78 is 44.8. The van der Waals surface area contributed by atoms with Gasteiger partial charge in [-0.15, -0.1) is 0 Å². The van der Waals surface area contributed by atoms with Gasteiger partial charge < -0.3 is 9.84 Å². The quantitative estimate of drug-likeness (QED) is 0.791. The Morgan fingerprint density at radius 3 is 2.48 bits per heavy atom. The van der Waals surface area contributed by atoms with Crippen molar-refractivity contribution in [2.45, 2.75) is 37.3 Å². The fourth-order valence-electron chi connectivity index (χ4n) is 1.48. The molecule has 2 N–H and O–H groups in total. The van der Waals surface area contributed by atoms with E-state index < -0.39 is 38.3 Å². The average molecular weight is 319 g/mol. The van der Waals surface area contributed by atoms with E-state index in [4.69, 9.17) is 0 Å². The van der Waals surface area contributed by atoms with Crippen LogP contribution < -0.4 is 4.72 Å². The average Bonchev–Trinajstić information content (AvgIpc) is 2.36. The first-order valence-electron chi connectivity index (χ1n) is 6.11. The SMILES string of the molecule is COC(=O)c1ccc(F)cc1S(=O)(=O)NC(C)(C)C(C)O. The van der Waals surface area contributed by atoms with Gasteiger partial charge in [0.15, 0.2) is 0 Å². The van der Waals surface area contributed by atoms with E-state index in [2.05, 4.69) is 9.46 Å². The smallest absolute Gasteiger partial charge is 0.339 e. The van der Waals surface area contributed by atoms with Crippen molar-refractivity contribution in [2.24, 2.45) is 0 Å². The number of ether oxygens (including phenoxy) is 1. The lowest BCUT2D eigenvalue weighted by Crippen LogP contribution is -2.51. The van der Waals surface area contributed by atoms with Crippen LogP contribution in [0.3, 0.4) is 0 Å². The highest BCUT2D eigenvalue weighted by molar-refractivity contribution is 7.89. The highest BCUT2D eigenvalue weighted by Gasteiger charge is 2.33. The Morgan fingerprint density at radius 2 is 2.00 bits per heavy atom. The molecule has 0 bridgehead atoms. The van der Waals surface area contributed by atoms with Crippen LogP contribution in [-0.2, 0) is 14.8 Å². The van der Waals surface area contributed by atoms with Crippen LogP contribution >= 0.6 is 0 Å². The maximum Gasteiger partial charge on any atom is 0.339 e. The number of halogens is 1. The van der Waals surface area contributed by atoms with E-state index in [9.17, 15) is 22.7 Å². The molecule has 0 aliphatic carbocycles. The standard InChI is InChI=1S/C13H18FNO5S/c1-8(16)13(2,3)15-21(18,19)11-7-9(14)5-6-10(11)12(17)20-4/h5-8,15-16H,1-4H3. The molecule has 1 unspecified atom stereocenters. The Balaban J connectivity index is 3.38. The minimum Gasteiger partial charge on any atom is -0.465 e. The molecule has 8 heteroatoms. The van der Waals surface area contributed by atoms with Gasteiger partial charge in [0.05, 0.1) is 29.2 Å². The van der Waals surface area contributed by atoms with Gasteiger partial charge in [-0.3, -0.25) is 0 Å². The van der Waals surface area contributed by atoms with Gasteiger partial charge >= 0.3 is 5.97 Å². The number of methoxy groups -OCH3 is 1. The van der Waals surface area contributed by atoms with Gasteiger partial charge in [-0.25, -0.2) is 22.3 Å². The van der Waals surface area contributed by atoms with E-state index in [0.717, 1.165) is 25.3 Å². The summed E-state index contributed by atoms with van der Waals surface area (Å²) in [6, 6.07) is 2.73. The molecule has 0 fully saturated rings. The summed E-state index contributed by atoms with van der Waals surface area (Å²) in [7, 11) is -3.13. The molecule has 0 saturated carbocycles. The molecule has 0 amide bonds. The zero-order valence-electron chi connectivity index (χ0n) is 12.2. The molecule has 0 radical (unpaired) electrons. The Bertz CT molecular complexity index is 640. The van der Waals surface area contributed by atoms with Crippen molar-refractivity contribution in [1.29, 1.82) is 0 Å². The first kappa shape index (κ1) is 17.5. The molecule has 0 spiro atoms. The van der Waals surface area contributed by atoms with Crippen LogP contribution in [0.25, 0.3) is 0 Å². The molecule has 1 atom stereocenters. The van der Waals surface area contributed by atoms with Crippen molar-refractivity contribution in [1.82, 2.24) is 4.72 Å². The highest BCUT2D eigenvalue weighted by atomic mass is 32.2. The number of carbonyl (C=O) groups is 1. The fourth-order valence-corrected chi connectivity index (χ4v) is 3.17. The van der Waals surface area contributed by atoms with Crippen molar-refractivity contribution in [3.05, 3.63) is 29.6 Å². The van der Waals surface area contributed by atoms with Crippen LogP contribution in [0.5, 0.6) is 0 Å². The molecule has 21 heavy (non-hydrogen) atoms. The van der Waals surface area contributed by atoms with Gasteiger partial charge in [-0.1, -0.05) is 0 Å². The van der Waals surface area contributed by atoms with Crippen molar-refractivity contribution >= 4 is 16.0 Å². The summed E-state index contributed by atoms with van der Waals surface area (Å²) in [5.74, 6) is -1.71. The van der Waals surface area contributed by atoms with Gasteiger partial charge in [-0.05, 0) is 39.0 Å². The maximum atomic E-state index is 13.3. The number of esters is 1. The second kappa shape index (κ2) is 6.08. The third-order valence-electron chi connectivity index (χ3n) is 3.08. The van der Waals surface area contributed by atoms with Crippen LogP contribution in [0, 0.1) is 5.82 Å². The number of sulfonamides is 1. The normalized spacial score (nSPS) is 13.8. The summed E-state index contributed by atoms with van der Waals surface area (Å²) in [6.07, 6.45) is -0.998. The third-order valence-corrected chi connectivity index (χ3v) is 4.79. The van der Waals surface area contributed by atoms with Gasteiger partial charge in [0, 0.05) is 0 Å². The zero-order valence-corrected chi connectivity index (χ0v) is 13.0. The van der Waals surface area contributed by atoms with Crippen LogP contribution in [-0.4, -0.2) is 38.2 Å². The molecule has 1 aromatic rings. The summed E-state index contributed by atoms with van der Waals surface area (Å²) in [5.41, 5.74) is -1.48. The number of rotatable bonds is 5. The summed E-state index contributed by atoms with van der Waals surface area (Å²) >= 11 is 0. The predicted octanol–water partition coefficient (Wildman–Crippen LogP) is 1.05. The van der Waals surface area contributed by atoms with E-state index in [-0.39, 0.29) is 5.56 Å². The molecule has 118 valence electrons. The molecule has 6 nitrogen and oxygen atoms in total. The minimum atomic E-state index is -4.22. The predicted molar refractivity (Wildman–Crippen MR) is 73.8 cm³/mol. The first-order chi connectivity index (χ1) is 9.51. The minimum absolute atomic E-state index is 0.284. The van der Waals surface area contributed by atoms with Crippen molar-refractivity contribution in [3.8, 4) is 0 Å². The van der Waals surface area contributed by atoms with Crippen LogP contribution in [0.2, 0.25) is 0 Å². The lowest BCUT2D eigenvalue weighted by Gasteiger charge is -2.29. The molecule has 0 aliphatic heterocycles. The van der Waals surface area contributed by atoms with E-state index in [1.165, 1.54) is 20.8 Å². The van der Waals surface area contributed by atoms with Crippen LogP contribution in [0.1, 0.15) is 31.1 Å². The van der Waals surface area contributed by atoms with Crippen molar-refractivity contribution in [3.63, 3.8) is 0 Å². The number of carbonyl (C=O) groups excluding carboxylic acids is 1. The van der Waals surface area contributed by atoms with Gasteiger partial charge in [0.25, 0.3) is 0 Å². The van der Waals surface area contributed by atoms with Crippen LogP contribution in [0.4, 0.5) is 4.39 Å². The largest absolute Gasteiger partial charge is 0.465 e. The number of benzene rings is 1. The zero-order chi connectivity index (χ0) is 16.4. The van der Waals surface area contributed by atoms with Crippen molar-refractivity contribution < 1.29 is 27.4 Å². The second-order valence-corrected chi connectivity index (χ2v) is 6.79. The monoisotopic (exact) mass is 319 g/mol. The fraction of sp³-hybridized carbons (Fsp3) is 0.462. The molecule has 0 saturated heterocycles. The van der Waals surface area contributed by atoms with E-state index in [1.54, 1.807) is 0 Å². The molecule has 0 aliphatic rings. The van der Waals surface area contributed by atoms with Gasteiger partial charge in [-0.2, -0.15) is 0 Å². The lowest BCUT2D eigenvalue weighted by atomic mass is 10.0. The summed E-state index contributed by atoms with van der Waals surface area (Å²) in [4.78, 5) is 11.1. The van der Waals surface area contributed by atoms with Crippen LogP contribution in [0.15, 0.2) is 23.1 Å². The molecular weight excluding hydrogens is 301 g/mol. The number of aliphatic hydroxyl groups is 1. The van der Waals surface area contributed by atoms with Gasteiger partial charge in [0.2, 0.25) is 10.0 Å². The molecular formula is C13H18FNO5S. The maximum absolute atomic E-state index is 13.3. The molecule has 1 aromatic carbocycles. The number of nitrogens with one attached hydrogen (secondary N) is 1. The molecule has 0 heterocycles. The highest BCUT2D eigenvalue weighted by Crippen LogP contribution is 2.21. The van der Waals surface area contributed by atoms with E-state index >= 15 is 0 Å². The molecule has 0 aromatic heterocycles. The van der Waals surface area contributed by atoms with Crippen molar-refractivity contribution in [2.75, 3.05) is 7.11 Å². The summed E-state index contributed by atoms with van der Waals surface area (Å²) in [6.45, 7) is 4.34. The number of hydrogen-bond acceptors (Lipinski definition) is 5. The molecule has 1 rings (SSSR count). The van der Waals surface area contributed by atoms with E-state index in [1.807, 2.05) is 0 Å². The topological polar surface area (TPSA) is 92.7 Å². The van der Waals surface area contributed by atoms with E-state index in [0.29, 0.717) is 0 Å². The second-order valence-electron chi connectivity index (χ2n) is 5.14. The number of aliphatic hydroxyl groups excluding tert-OH is 1. The Labute approximate surface area is 123 Å². The number of hydrogen-bond donors (Lipinski definition) is 2. The summed E-state index contributed by atoms with van der Waals surface area (Å²) in [5, 5.41) is 9.58. The third kappa shape index (κ3) is 3.99. The Kier molecular flexibility index (Phi) is 5.08.